The fraction of sp³-hybridized carbons (Fsp3) is 0.524. The zero-order valence-corrected chi connectivity index (χ0v) is 15.5. The van der Waals surface area contributed by atoms with Crippen LogP contribution in [0.1, 0.15) is 50.2 Å². The summed E-state index contributed by atoms with van der Waals surface area (Å²) in [5.41, 5.74) is 2.21. The van der Waals surface area contributed by atoms with Gasteiger partial charge < -0.3 is 15.3 Å². The molecule has 0 radical (unpaired) electrons. The number of carbonyl (C=O) groups excluding carboxylic acids is 2. The molecular formula is C21H28N2O3. The zero-order valence-electron chi connectivity index (χ0n) is 15.5. The van der Waals surface area contributed by atoms with Crippen LogP contribution in [-0.4, -0.2) is 47.1 Å². The number of nitrogens with one attached hydrogen (secondary N) is 1. The van der Waals surface area contributed by atoms with Gasteiger partial charge in [-0.2, -0.15) is 0 Å². The molecular weight excluding hydrogens is 328 g/mol. The van der Waals surface area contributed by atoms with E-state index in [1.165, 1.54) is 6.92 Å². The molecule has 0 unspecified atom stereocenters. The molecule has 0 spiro atoms. The van der Waals surface area contributed by atoms with E-state index in [2.05, 4.69) is 17.4 Å². The van der Waals surface area contributed by atoms with Gasteiger partial charge in [0.1, 0.15) is 0 Å². The Kier molecular flexibility index (Phi) is 5.77. The summed E-state index contributed by atoms with van der Waals surface area (Å²) in [6.45, 7) is 3.86. The van der Waals surface area contributed by atoms with Crippen LogP contribution in [0.15, 0.2) is 30.3 Å². The number of allylic oxidation sites excluding steroid dienone is 1. The van der Waals surface area contributed by atoms with Gasteiger partial charge in [0.25, 0.3) is 0 Å². The standard InChI is InChI=1S/C21H28N2O3/c1-3-4-15-7-9-17(10-8-15)21-18(23(14(2)25)19(21)13-24)12-22-20(26)11-16-5-6-16/h3-4,7-10,16,18-19,21,24H,5-6,11-13H2,1-2H3,(H,22,26)/b4-3+/t18-,19-,21+/m1/s1. The molecule has 2 aliphatic rings. The van der Waals surface area contributed by atoms with Crippen molar-refractivity contribution < 1.29 is 14.7 Å². The fourth-order valence-corrected chi connectivity index (χ4v) is 3.98. The van der Waals surface area contributed by atoms with Crippen molar-refractivity contribution in [2.24, 2.45) is 5.92 Å². The highest BCUT2D eigenvalue weighted by atomic mass is 16.3. The molecule has 5 heteroatoms. The number of nitrogens with zero attached hydrogens (tertiary/aromatic N) is 1. The SMILES string of the molecule is C/C=C/c1ccc([C@@H]2[C@@H](CO)N(C(C)=O)[C@@H]2CNC(=O)CC2CC2)cc1. The smallest absolute Gasteiger partial charge is 0.220 e. The van der Waals surface area contributed by atoms with Crippen molar-refractivity contribution in [1.29, 1.82) is 0 Å². The Hall–Kier alpha value is -2.14. The van der Waals surface area contributed by atoms with Gasteiger partial charge in [0.15, 0.2) is 0 Å². The first-order chi connectivity index (χ1) is 12.5. The molecule has 1 saturated carbocycles. The van der Waals surface area contributed by atoms with E-state index in [4.69, 9.17) is 0 Å². The Balaban J connectivity index is 1.72. The predicted octanol–water partition coefficient (Wildman–Crippen LogP) is 2.31. The van der Waals surface area contributed by atoms with Crippen LogP contribution >= 0.6 is 0 Å². The number of likely N-dealkylation sites (tertiary alicyclic amines) is 1. The van der Waals surface area contributed by atoms with Crippen molar-refractivity contribution in [2.45, 2.75) is 51.1 Å². The largest absolute Gasteiger partial charge is 0.394 e. The molecule has 2 N–H and O–H groups in total. The lowest BCUT2D eigenvalue weighted by Crippen LogP contribution is -2.68. The van der Waals surface area contributed by atoms with Crippen LogP contribution in [0, 0.1) is 5.92 Å². The lowest BCUT2D eigenvalue weighted by Gasteiger charge is -2.54. The molecule has 0 aromatic heterocycles. The average molecular weight is 356 g/mol. The Labute approximate surface area is 155 Å². The van der Waals surface area contributed by atoms with Gasteiger partial charge in [-0.05, 0) is 36.8 Å². The summed E-state index contributed by atoms with van der Waals surface area (Å²) in [4.78, 5) is 25.8. The molecule has 5 nitrogen and oxygen atoms in total. The number of aliphatic hydroxyl groups excluding tert-OH is 1. The van der Waals surface area contributed by atoms with Gasteiger partial charge in [0.05, 0.1) is 18.7 Å². The summed E-state index contributed by atoms with van der Waals surface area (Å²) >= 11 is 0. The molecule has 26 heavy (non-hydrogen) atoms. The van der Waals surface area contributed by atoms with E-state index in [9.17, 15) is 14.7 Å². The van der Waals surface area contributed by atoms with Crippen LogP contribution in [0.25, 0.3) is 6.08 Å². The first kappa shape index (κ1) is 18.6. The third kappa shape index (κ3) is 3.98. The Bertz CT molecular complexity index is 679. The highest BCUT2D eigenvalue weighted by Crippen LogP contribution is 2.40. The van der Waals surface area contributed by atoms with E-state index >= 15 is 0 Å². The average Bonchev–Trinajstić information content (AvgIpc) is 3.39. The fourth-order valence-electron chi connectivity index (χ4n) is 3.98. The van der Waals surface area contributed by atoms with Gasteiger partial charge in [-0.3, -0.25) is 9.59 Å². The van der Waals surface area contributed by atoms with Gasteiger partial charge >= 0.3 is 0 Å². The summed E-state index contributed by atoms with van der Waals surface area (Å²) in [6.07, 6.45) is 6.89. The van der Waals surface area contributed by atoms with Gasteiger partial charge in [0, 0.05) is 25.8 Å². The molecule has 1 aliphatic carbocycles. The first-order valence-corrected chi connectivity index (χ1v) is 9.44. The second-order valence-electron chi connectivity index (χ2n) is 7.39. The molecule has 3 atom stereocenters. The Morgan fingerprint density at radius 3 is 2.46 bits per heavy atom. The molecule has 2 fully saturated rings. The van der Waals surface area contributed by atoms with Crippen molar-refractivity contribution >= 4 is 17.9 Å². The van der Waals surface area contributed by atoms with E-state index in [-0.39, 0.29) is 36.4 Å². The van der Waals surface area contributed by atoms with Crippen LogP contribution in [-0.2, 0) is 9.59 Å². The monoisotopic (exact) mass is 356 g/mol. The molecule has 1 aromatic rings. The topological polar surface area (TPSA) is 69.6 Å². The van der Waals surface area contributed by atoms with E-state index in [0.717, 1.165) is 24.0 Å². The van der Waals surface area contributed by atoms with E-state index in [0.29, 0.717) is 18.9 Å². The number of hydrogen-bond acceptors (Lipinski definition) is 3. The molecule has 1 aliphatic heterocycles. The number of aliphatic hydroxyl groups is 1. The number of carbonyl (C=O) groups is 2. The number of amides is 2. The molecule has 1 saturated heterocycles. The summed E-state index contributed by atoms with van der Waals surface area (Å²) in [5, 5.41) is 12.8. The third-order valence-corrected chi connectivity index (χ3v) is 5.45. The predicted molar refractivity (Wildman–Crippen MR) is 101 cm³/mol. The van der Waals surface area contributed by atoms with Gasteiger partial charge in [-0.15, -0.1) is 0 Å². The van der Waals surface area contributed by atoms with Crippen molar-refractivity contribution in [3.8, 4) is 0 Å². The maximum Gasteiger partial charge on any atom is 0.220 e. The quantitative estimate of drug-likeness (QED) is 0.788. The lowest BCUT2D eigenvalue weighted by atomic mass is 9.75. The van der Waals surface area contributed by atoms with Gasteiger partial charge in [0.2, 0.25) is 11.8 Å². The summed E-state index contributed by atoms with van der Waals surface area (Å²) < 4.78 is 0. The molecule has 3 rings (SSSR count). The molecule has 1 heterocycles. The third-order valence-electron chi connectivity index (χ3n) is 5.45. The minimum atomic E-state index is -0.231. The first-order valence-electron chi connectivity index (χ1n) is 9.44. The highest BCUT2D eigenvalue weighted by Gasteiger charge is 2.50. The van der Waals surface area contributed by atoms with Gasteiger partial charge in [-0.1, -0.05) is 36.4 Å². The minimum absolute atomic E-state index is 0.0322. The number of rotatable bonds is 7. The second-order valence-corrected chi connectivity index (χ2v) is 7.39. The van der Waals surface area contributed by atoms with E-state index in [1.54, 1.807) is 4.90 Å². The summed E-state index contributed by atoms with van der Waals surface area (Å²) in [5.74, 6) is 0.572. The lowest BCUT2D eigenvalue weighted by molar-refractivity contribution is -0.148. The van der Waals surface area contributed by atoms with Crippen molar-refractivity contribution in [1.82, 2.24) is 10.2 Å². The minimum Gasteiger partial charge on any atom is -0.394 e. The normalized spacial score (nSPS) is 25.2. The van der Waals surface area contributed by atoms with Crippen LogP contribution in [0.4, 0.5) is 0 Å². The highest BCUT2D eigenvalue weighted by molar-refractivity contribution is 5.78. The summed E-state index contributed by atoms with van der Waals surface area (Å²) in [6, 6.07) is 7.86. The van der Waals surface area contributed by atoms with Crippen LogP contribution in [0.2, 0.25) is 0 Å². The van der Waals surface area contributed by atoms with Crippen LogP contribution in [0.3, 0.4) is 0 Å². The Morgan fingerprint density at radius 1 is 1.23 bits per heavy atom. The Morgan fingerprint density at radius 2 is 1.92 bits per heavy atom. The maximum absolute atomic E-state index is 12.1. The molecule has 1 aromatic carbocycles. The van der Waals surface area contributed by atoms with E-state index < -0.39 is 0 Å². The molecule has 0 bridgehead atoms. The van der Waals surface area contributed by atoms with Crippen LogP contribution in [0.5, 0.6) is 0 Å². The zero-order chi connectivity index (χ0) is 18.7. The van der Waals surface area contributed by atoms with Crippen molar-refractivity contribution in [3.63, 3.8) is 0 Å². The number of benzene rings is 1. The van der Waals surface area contributed by atoms with Gasteiger partial charge in [-0.25, -0.2) is 0 Å². The molecule has 2 amide bonds. The second kappa shape index (κ2) is 8.04. The van der Waals surface area contributed by atoms with E-state index in [1.807, 2.05) is 31.2 Å². The van der Waals surface area contributed by atoms with Crippen molar-refractivity contribution in [3.05, 3.63) is 41.5 Å². The maximum atomic E-state index is 12.1. The summed E-state index contributed by atoms with van der Waals surface area (Å²) in [7, 11) is 0. The van der Waals surface area contributed by atoms with Crippen molar-refractivity contribution in [2.75, 3.05) is 13.2 Å². The molecule has 140 valence electrons. The van der Waals surface area contributed by atoms with Crippen LogP contribution < -0.4 is 5.32 Å². The number of hydrogen-bond donors (Lipinski definition) is 2.